The van der Waals surface area contributed by atoms with Crippen LogP contribution in [0.1, 0.15) is 0 Å². The molecule has 4 rings (SSSR count). The van der Waals surface area contributed by atoms with Crippen LogP contribution in [0.25, 0.3) is 0 Å². The van der Waals surface area contributed by atoms with Crippen LogP contribution in [0.15, 0.2) is 0 Å². The zero-order valence-corrected chi connectivity index (χ0v) is 9.95. The summed E-state index contributed by atoms with van der Waals surface area (Å²) in [5.74, 6) is 0. The summed E-state index contributed by atoms with van der Waals surface area (Å²) in [6.45, 7) is 0. The number of rotatable bonds is 0. The molecule has 0 aromatic heterocycles. The molecule has 17 heavy (non-hydrogen) atoms. The second kappa shape index (κ2) is 6.19. The van der Waals surface area contributed by atoms with Gasteiger partial charge in [0.2, 0.25) is 0 Å². The average molecular weight is 382 g/mol. The predicted octanol–water partition coefficient (Wildman–Crippen LogP) is 0.437. The molecule has 4 aliphatic rings. The third-order valence-electron chi connectivity index (χ3n) is 1.20. The van der Waals surface area contributed by atoms with Gasteiger partial charge in [-0.15, -0.1) is 0 Å². The van der Waals surface area contributed by atoms with Crippen molar-refractivity contribution < 1.29 is 49.6 Å². The Kier molecular flexibility index (Phi) is 7.62. The van der Waals surface area contributed by atoms with Crippen LogP contribution < -0.4 is 0 Å². The predicted molar refractivity (Wildman–Crippen MR) is 54.8 cm³/mol. The fourth-order valence-corrected chi connectivity index (χ4v) is 11.4. The average Bonchev–Trinajstić information content (AvgIpc) is 1.67. The molecule has 0 aromatic carbocycles. The van der Waals surface area contributed by atoms with E-state index in [1.807, 2.05) is 0 Å². The van der Waals surface area contributed by atoms with Crippen LogP contribution in [0.2, 0.25) is 0 Å². The molecule has 0 radical (unpaired) electrons. The first-order chi connectivity index (χ1) is 6.24. The van der Waals surface area contributed by atoms with Crippen LogP contribution in [-0.2, 0) is 44.1 Å². The van der Waals surface area contributed by atoms with Crippen LogP contribution in [-0.4, -0.2) is 108 Å². The van der Waals surface area contributed by atoms with Crippen molar-refractivity contribution in [3.63, 3.8) is 0 Å². The minimum absolute atomic E-state index is 0. The van der Waals surface area contributed by atoms with Crippen molar-refractivity contribution in [3.8, 4) is 0 Å². The maximum atomic E-state index is 11.3. The standard InChI is InChI=1S/2K.O10P4.H2O.2H/c;;1-11-5-12(2)8-13(3,6-11)10-14(4,7-11)9-12;;;/h;;;1H2;;. The van der Waals surface area contributed by atoms with E-state index in [9.17, 15) is 18.3 Å². The normalized spacial score (nSPS) is 54.1. The van der Waals surface area contributed by atoms with Crippen LogP contribution >= 0.6 is 31.3 Å². The molecule has 0 aromatic rings. The van der Waals surface area contributed by atoms with Crippen LogP contribution in [0.4, 0.5) is 0 Å². The van der Waals surface area contributed by atoms with Gasteiger partial charge < -0.3 is 5.48 Å². The summed E-state index contributed by atoms with van der Waals surface area (Å²) in [6, 6.07) is 0. The van der Waals surface area contributed by atoms with Gasteiger partial charge in [-0.3, -0.25) is 0 Å². The zero-order chi connectivity index (χ0) is 10.2. The first kappa shape index (κ1) is 20.9. The van der Waals surface area contributed by atoms with Crippen molar-refractivity contribution in [3.05, 3.63) is 0 Å². The second-order valence-electron chi connectivity index (χ2n) is 2.28. The Hall–Kier alpha value is 3.91. The fraction of sp³-hybridized carbons (Fsp3) is 0. The Labute approximate surface area is 180 Å². The van der Waals surface area contributed by atoms with Crippen molar-refractivity contribution >= 4 is 134 Å². The minimum atomic E-state index is -4.43. The molecular formula is H4K2O11P4. The molecule has 0 atom stereocenters. The third-order valence-corrected chi connectivity index (χ3v) is 10.8. The van der Waals surface area contributed by atoms with Gasteiger partial charge in [0.1, 0.15) is 0 Å². The van der Waals surface area contributed by atoms with Crippen LogP contribution in [0.3, 0.4) is 0 Å². The molecule has 11 nitrogen and oxygen atoms in total. The molecule has 4 bridgehead atoms. The summed E-state index contributed by atoms with van der Waals surface area (Å²) >= 11 is 0. The van der Waals surface area contributed by atoms with Crippen LogP contribution in [0, 0.1) is 0 Å². The summed E-state index contributed by atoms with van der Waals surface area (Å²) in [6.07, 6.45) is 0. The molecule has 0 spiro atoms. The monoisotopic (exact) mass is 382 g/mol. The Bertz CT molecular complexity index is 353. The summed E-state index contributed by atoms with van der Waals surface area (Å²) in [7, 11) is -17.7. The molecule has 4 fully saturated rings. The summed E-state index contributed by atoms with van der Waals surface area (Å²) in [5.41, 5.74) is 0. The van der Waals surface area contributed by atoms with E-state index in [1.54, 1.807) is 0 Å². The SMILES string of the molecule is O.O=P12OP3(=O)OP(=O)(O1)OP(=O)(O2)O3.[KH].[KH]. The molecule has 4 heterocycles. The molecule has 92 valence electrons. The van der Waals surface area contributed by atoms with E-state index in [4.69, 9.17) is 0 Å². The molecule has 0 unspecified atom stereocenters. The molecule has 0 saturated carbocycles. The van der Waals surface area contributed by atoms with Gasteiger partial charge in [0.15, 0.2) is 0 Å². The Morgan fingerprint density at radius 1 is 0.471 bits per heavy atom. The number of hydrogen-bond acceptors (Lipinski definition) is 10. The van der Waals surface area contributed by atoms with Gasteiger partial charge in [-0.1, -0.05) is 0 Å². The Balaban J connectivity index is 0.000000853. The summed E-state index contributed by atoms with van der Waals surface area (Å²) < 4.78 is 69.9. The Morgan fingerprint density at radius 3 is 0.706 bits per heavy atom. The first-order valence-electron chi connectivity index (χ1n) is 2.92. The van der Waals surface area contributed by atoms with E-state index in [2.05, 4.69) is 25.9 Å². The fourth-order valence-electron chi connectivity index (χ4n) is 0.914. The van der Waals surface area contributed by atoms with E-state index in [-0.39, 0.29) is 108 Å². The molecule has 2 N–H and O–H groups in total. The molecule has 0 aliphatic carbocycles. The van der Waals surface area contributed by atoms with E-state index in [0.29, 0.717) is 0 Å². The van der Waals surface area contributed by atoms with E-state index in [0.717, 1.165) is 0 Å². The molecular weight excluding hydrogens is 378 g/mol. The van der Waals surface area contributed by atoms with Gasteiger partial charge in [0, 0.05) is 0 Å². The van der Waals surface area contributed by atoms with Crippen molar-refractivity contribution in [2.24, 2.45) is 0 Å². The number of hydrogen-bond donors (Lipinski definition) is 0. The van der Waals surface area contributed by atoms with Gasteiger partial charge in [0.05, 0.1) is 0 Å². The van der Waals surface area contributed by atoms with E-state index in [1.165, 1.54) is 0 Å². The van der Waals surface area contributed by atoms with Gasteiger partial charge in [-0.05, 0) is 0 Å². The molecule has 0 amide bonds. The zero-order valence-electron chi connectivity index (χ0n) is 6.37. The first-order valence-corrected chi connectivity index (χ1v) is 8.76. The molecule has 4 saturated heterocycles. The third kappa shape index (κ3) is 4.01. The quantitative estimate of drug-likeness (QED) is 0.425. The van der Waals surface area contributed by atoms with Crippen molar-refractivity contribution in [1.29, 1.82) is 0 Å². The van der Waals surface area contributed by atoms with Crippen LogP contribution in [0.5, 0.6) is 0 Å². The van der Waals surface area contributed by atoms with Gasteiger partial charge in [-0.25, -0.2) is 18.3 Å². The molecule has 4 aliphatic heterocycles. The Morgan fingerprint density at radius 2 is 0.588 bits per heavy atom. The second-order valence-corrected chi connectivity index (χ2v) is 9.78. The van der Waals surface area contributed by atoms with Crippen molar-refractivity contribution in [2.45, 2.75) is 0 Å². The van der Waals surface area contributed by atoms with Crippen molar-refractivity contribution in [2.75, 3.05) is 0 Å². The van der Waals surface area contributed by atoms with Gasteiger partial charge >= 0.3 is 134 Å². The van der Waals surface area contributed by atoms with Gasteiger partial charge in [0.25, 0.3) is 0 Å². The maximum absolute atomic E-state index is 11.3. The number of phosphoric acid groups is 4. The van der Waals surface area contributed by atoms with E-state index >= 15 is 0 Å². The summed E-state index contributed by atoms with van der Waals surface area (Å²) in [4.78, 5) is 0. The topological polar surface area (TPSA) is 155 Å². The van der Waals surface area contributed by atoms with Gasteiger partial charge in [-0.2, -0.15) is 25.9 Å². The van der Waals surface area contributed by atoms with Crippen molar-refractivity contribution in [1.82, 2.24) is 0 Å². The molecule has 17 heteroatoms. The summed E-state index contributed by atoms with van der Waals surface area (Å²) in [5, 5.41) is 0. The van der Waals surface area contributed by atoms with E-state index < -0.39 is 31.3 Å².